The van der Waals surface area contributed by atoms with Crippen LogP contribution in [0.25, 0.3) is 11.3 Å². The van der Waals surface area contributed by atoms with Gasteiger partial charge in [-0.3, -0.25) is 0 Å². The molecule has 2 aromatic rings. The van der Waals surface area contributed by atoms with E-state index in [1.807, 2.05) is 6.07 Å². The molecule has 19 heavy (non-hydrogen) atoms. The Balaban J connectivity index is 1.75. The molecular weight excluding hydrogens is 252 g/mol. The zero-order valence-corrected chi connectivity index (χ0v) is 12.4. The van der Waals surface area contributed by atoms with Crippen molar-refractivity contribution >= 4 is 11.3 Å². The van der Waals surface area contributed by atoms with Gasteiger partial charge in [-0.05, 0) is 13.0 Å². The number of benzene rings is 1. The number of nitrogens with one attached hydrogen (secondary N) is 1. The molecule has 0 aliphatic rings. The molecule has 1 aromatic heterocycles. The van der Waals surface area contributed by atoms with E-state index in [1.54, 1.807) is 11.3 Å². The Hall–Kier alpha value is -1.19. The van der Waals surface area contributed by atoms with Gasteiger partial charge >= 0.3 is 0 Å². The van der Waals surface area contributed by atoms with Crippen LogP contribution in [0.5, 0.6) is 0 Å². The Morgan fingerprint density at radius 2 is 1.95 bits per heavy atom. The van der Waals surface area contributed by atoms with Gasteiger partial charge in [0.1, 0.15) is 5.01 Å². The predicted molar refractivity (Wildman–Crippen MR) is 83.4 cm³/mol. The molecule has 0 radical (unpaired) electrons. The number of rotatable bonds is 8. The highest BCUT2D eigenvalue weighted by Gasteiger charge is 2.03. The van der Waals surface area contributed by atoms with Gasteiger partial charge in [-0.2, -0.15) is 0 Å². The summed E-state index contributed by atoms with van der Waals surface area (Å²) >= 11 is 1.74. The van der Waals surface area contributed by atoms with E-state index in [-0.39, 0.29) is 0 Å². The normalized spacial score (nSPS) is 10.8. The molecule has 0 spiro atoms. The zero-order valence-electron chi connectivity index (χ0n) is 11.6. The highest BCUT2D eigenvalue weighted by molar-refractivity contribution is 7.09. The molecule has 0 saturated carbocycles. The Labute approximate surface area is 119 Å². The molecule has 0 amide bonds. The van der Waals surface area contributed by atoms with Crippen LogP contribution in [-0.4, -0.2) is 11.5 Å². The highest BCUT2D eigenvalue weighted by atomic mass is 32.1. The van der Waals surface area contributed by atoms with Crippen molar-refractivity contribution in [2.45, 2.75) is 39.2 Å². The fourth-order valence-electron chi connectivity index (χ4n) is 2.01. The Bertz CT molecular complexity index is 465. The standard InChI is InChI=1S/C16H22N2S/c1-2-3-4-8-11-17-12-16-18-15(13-19-16)14-9-6-5-7-10-14/h5-7,9-10,13,17H,2-4,8,11-12H2,1H3. The summed E-state index contributed by atoms with van der Waals surface area (Å²) in [6.45, 7) is 4.23. The van der Waals surface area contributed by atoms with E-state index in [4.69, 9.17) is 0 Å². The minimum Gasteiger partial charge on any atom is -0.310 e. The van der Waals surface area contributed by atoms with E-state index in [2.05, 4.69) is 46.9 Å². The van der Waals surface area contributed by atoms with E-state index >= 15 is 0 Å². The average molecular weight is 274 g/mol. The van der Waals surface area contributed by atoms with Crippen molar-refractivity contribution < 1.29 is 0 Å². The van der Waals surface area contributed by atoms with Crippen LogP contribution in [0.2, 0.25) is 0 Å². The van der Waals surface area contributed by atoms with Crippen LogP contribution < -0.4 is 5.32 Å². The van der Waals surface area contributed by atoms with E-state index in [0.29, 0.717) is 0 Å². The lowest BCUT2D eigenvalue weighted by Crippen LogP contribution is -2.14. The van der Waals surface area contributed by atoms with Crippen molar-refractivity contribution in [3.8, 4) is 11.3 Å². The fourth-order valence-corrected chi connectivity index (χ4v) is 2.78. The maximum Gasteiger partial charge on any atom is 0.107 e. The Morgan fingerprint density at radius 1 is 1.11 bits per heavy atom. The Morgan fingerprint density at radius 3 is 2.74 bits per heavy atom. The number of hydrogen-bond acceptors (Lipinski definition) is 3. The molecule has 3 heteroatoms. The van der Waals surface area contributed by atoms with E-state index in [1.165, 1.54) is 36.3 Å². The smallest absolute Gasteiger partial charge is 0.107 e. The molecular formula is C16H22N2S. The first-order chi connectivity index (χ1) is 9.40. The third-order valence-corrected chi connectivity index (χ3v) is 3.95. The summed E-state index contributed by atoms with van der Waals surface area (Å²) in [6.07, 6.45) is 5.24. The molecule has 0 unspecified atom stereocenters. The summed E-state index contributed by atoms with van der Waals surface area (Å²) in [5.74, 6) is 0. The number of hydrogen-bond donors (Lipinski definition) is 1. The van der Waals surface area contributed by atoms with Crippen molar-refractivity contribution in [3.05, 3.63) is 40.7 Å². The molecule has 0 aliphatic carbocycles. The van der Waals surface area contributed by atoms with Gasteiger partial charge in [-0.25, -0.2) is 4.98 Å². The van der Waals surface area contributed by atoms with Crippen LogP contribution in [0.15, 0.2) is 35.7 Å². The maximum atomic E-state index is 4.67. The molecule has 1 aromatic carbocycles. The van der Waals surface area contributed by atoms with Gasteiger partial charge in [-0.15, -0.1) is 11.3 Å². The summed E-state index contributed by atoms with van der Waals surface area (Å²) in [5, 5.41) is 6.79. The first kappa shape index (κ1) is 14.2. The van der Waals surface area contributed by atoms with Crippen molar-refractivity contribution in [3.63, 3.8) is 0 Å². The first-order valence-corrected chi connectivity index (χ1v) is 7.98. The molecule has 1 heterocycles. The lowest BCUT2D eigenvalue weighted by Gasteiger charge is -2.01. The molecule has 1 N–H and O–H groups in total. The van der Waals surface area contributed by atoms with Crippen molar-refractivity contribution in [1.82, 2.24) is 10.3 Å². The minimum absolute atomic E-state index is 0.892. The second-order valence-corrected chi connectivity index (χ2v) is 5.67. The van der Waals surface area contributed by atoms with Crippen LogP contribution in [0.3, 0.4) is 0 Å². The molecule has 2 nitrogen and oxygen atoms in total. The monoisotopic (exact) mass is 274 g/mol. The third-order valence-electron chi connectivity index (χ3n) is 3.10. The summed E-state index contributed by atoms with van der Waals surface area (Å²) in [4.78, 5) is 4.67. The molecule has 0 atom stereocenters. The lowest BCUT2D eigenvalue weighted by atomic mass is 10.2. The van der Waals surface area contributed by atoms with Gasteiger partial charge in [0.2, 0.25) is 0 Å². The van der Waals surface area contributed by atoms with Crippen molar-refractivity contribution in [2.24, 2.45) is 0 Å². The summed E-state index contributed by atoms with van der Waals surface area (Å²) in [7, 11) is 0. The molecule has 2 rings (SSSR count). The largest absolute Gasteiger partial charge is 0.310 e. The Kier molecular flexibility index (Phi) is 6.05. The van der Waals surface area contributed by atoms with Crippen LogP contribution in [0.1, 0.15) is 37.6 Å². The fraction of sp³-hybridized carbons (Fsp3) is 0.438. The zero-order chi connectivity index (χ0) is 13.3. The van der Waals surface area contributed by atoms with Crippen LogP contribution in [0, 0.1) is 0 Å². The summed E-state index contributed by atoms with van der Waals surface area (Å²) < 4.78 is 0. The van der Waals surface area contributed by atoms with Gasteiger partial charge < -0.3 is 5.32 Å². The molecule has 0 saturated heterocycles. The molecule has 0 bridgehead atoms. The highest BCUT2D eigenvalue weighted by Crippen LogP contribution is 2.21. The second kappa shape index (κ2) is 8.08. The van der Waals surface area contributed by atoms with Crippen molar-refractivity contribution in [2.75, 3.05) is 6.54 Å². The van der Waals surface area contributed by atoms with Crippen molar-refractivity contribution in [1.29, 1.82) is 0 Å². The number of unbranched alkanes of at least 4 members (excludes halogenated alkanes) is 3. The van der Waals surface area contributed by atoms with E-state index in [0.717, 1.165) is 18.8 Å². The SMILES string of the molecule is CCCCCCNCc1nc(-c2ccccc2)cs1. The number of nitrogens with zero attached hydrogens (tertiary/aromatic N) is 1. The topological polar surface area (TPSA) is 24.9 Å². The van der Waals surface area contributed by atoms with Crippen LogP contribution in [0.4, 0.5) is 0 Å². The molecule has 0 fully saturated rings. The predicted octanol–water partition coefficient (Wildman–Crippen LogP) is 4.48. The molecule has 102 valence electrons. The summed E-state index contributed by atoms with van der Waals surface area (Å²) in [6, 6.07) is 10.4. The van der Waals surface area contributed by atoms with Gasteiger partial charge in [0.05, 0.1) is 5.69 Å². The third kappa shape index (κ3) is 4.77. The van der Waals surface area contributed by atoms with Gasteiger partial charge in [-0.1, -0.05) is 56.5 Å². The van der Waals surface area contributed by atoms with Gasteiger partial charge in [0.25, 0.3) is 0 Å². The second-order valence-electron chi connectivity index (χ2n) is 4.73. The molecule has 0 aliphatic heterocycles. The van der Waals surface area contributed by atoms with Crippen LogP contribution >= 0.6 is 11.3 Å². The van der Waals surface area contributed by atoms with E-state index in [9.17, 15) is 0 Å². The van der Waals surface area contributed by atoms with Crippen LogP contribution in [-0.2, 0) is 6.54 Å². The first-order valence-electron chi connectivity index (χ1n) is 7.10. The average Bonchev–Trinajstić information content (AvgIpc) is 2.92. The minimum atomic E-state index is 0.892. The van der Waals surface area contributed by atoms with E-state index < -0.39 is 0 Å². The number of thiazole rings is 1. The maximum absolute atomic E-state index is 4.67. The lowest BCUT2D eigenvalue weighted by molar-refractivity contribution is 0.597. The number of aromatic nitrogens is 1. The quantitative estimate of drug-likeness (QED) is 0.718. The summed E-state index contributed by atoms with van der Waals surface area (Å²) in [5.41, 5.74) is 2.29. The van der Waals surface area contributed by atoms with Gasteiger partial charge in [0, 0.05) is 17.5 Å². The van der Waals surface area contributed by atoms with Gasteiger partial charge in [0.15, 0.2) is 0 Å².